The third-order valence-electron chi connectivity index (χ3n) is 4.21. The maximum absolute atomic E-state index is 7.02. The zero-order valence-electron chi connectivity index (χ0n) is 12.5. The molecule has 0 saturated heterocycles. The van der Waals surface area contributed by atoms with Crippen LogP contribution in [0.25, 0.3) is 10.9 Å². The summed E-state index contributed by atoms with van der Waals surface area (Å²) in [5.74, 6) is 0.558. The Morgan fingerprint density at radius 1 is 1.47 bits per heavy atom. The molecule has 0 fully saturated rings. The Bertz CT molecular complexity index is 561. The molecule has 2 heteroatoms. The van der Waals surface area contributed by atoms with Crippen molar-refractivity contribution in [2.45, 2.75) is 45.6 Å². The van der Waals surface area contributed by atoms with E-state index in [2.05, 4.69) is 55.8 Å². The maximum Gasteiger partial charge on any atom is 0.163 e. The Balaban J connectivity index is 2.48. The van der Waals surface area contributed by atoms with Crippen molar-refractivity contribution in [3.05, 3.63) is 46.4 Å². The van der Waals surface area contributed by atoms with E-state index >= 15 is 0 Å². The molecule has 1 aromatic rings. The lowest BCUT2D eigenvalue weighted by atomic mass is 9.80. The van der Waals surface area contributed by atoms with E-state index in [1.807, 2.05) is 13.0 Å². The number of hydrogen-bond donors (Lipinski definition) is 0. The van der Waals surface area contributed by atoms with Gasteiger partial charge in [-0.05, 0) is 50.3 Å². The van der Waals surface area contributed by atoms with Crippen LogP contribution < -0.4 is 4.90 Å². The lowest BCUT2D eigenvalue weighted by Crippen LogP contribution is -2.45. The fourth-order valence-corrected chi connectivity index (χ4v) is 2.96. The quantitative estimate of drug-likeness (QED) is 0.660. The normalized spacial score (nSPS) is 21.8. The molecular weight excluding hydrogens is 232 g/mol. The van der Waals surface area contributed by atoms with Crippen LogP contribution in [0, 0.1) is 6.57 Å². The summed E-state index contributed by atoms with van der Waals surface area (Å²) in [5.41, 5.74) is 4.79. The minimum atomic E-state index is 0.205. The van der Waals surface area contributed by atoms with Gasteiger partial charge in [0, 0.05) is 18.3 Å². The molecule has 0 N–H and O–H groups in total. The number of allylic oxidation sites excluding steroid dienone is 1. The van der Waals surface area contributed by atoms with Gasteiger partial charge in [0.05, 0.1) is 6.57 Å². The summed E-state index contributed by atoms with van der Waals surface area (Å²) in [6.45, 7) is 15.8. The molecule has 0 aliphatic carbocycles. The number of hydrogen-bond acceptors (Lipinski definition) is 1. The third kappa shape index (κ3) is 2.51. The average Bonchev–Trinajstić information content (AvgIpc) is 2.35. The minimum absolute atomic E-state index is 0.205. The predicted octanol–water partition coefficient (Wildman–Crippen LogP) is 4.69. The van der Waals surface area contributed by atoms with Gasteiger partial charge < -0.3 is 4.90 Å². The van der Waals surface area contributed by atoms with Crippen LogP contribution in [0.15, 0.2) is 23.9 Å². The summed E-state index contributed by atoms with van der Waals surface area (Å²) in [4.78, 5) is 5.83. The van der Waals surface area contributed by atoms with Crippen LogP contribution in [0.5, 0.6) is 0 Å². The number of rotatable bonds is 1. The molecule has 1 atom stereocenters. The van der Waals surface area contributed by atoms with Crippen LogP contribution in [-0.4, -0.2) is 12.6 Å². The largest absolute Gasteiger partial charge is 0.369 e. The Morgan fingerprint density at radius 3 is 2.79 bits per heavy atom. The molecule has 1 aliphatic heterocycles. The average molecular weight is 254 g/mol. The van der Waals surface area contributed by atoms with Crippen LogP contribution in [-0.2, 0) is 0 Å². The molecule has 1 aromatic carbocycles. The van der Waals surface area contributed by atoms with E-state index in [1.54, 1.807) is 0 Å². The molecule has 1 aliphatic rings. The first-order valence-corrected chi connectivity index (χ1v) is 6.78. The van der Waals surface area contributed by atoms with E-state index in [0.717, 1.165) is 17.7 Å². The molecule has 0 saturated carbocycles. The third-order valence-corrected chi connectivity index (χ3v) is 4.21. The Hall–Kier alpha value is -1.75. The van der Waals surface area contributed by atoms with Crippen molar-refractivity contribution in [2.24, 2.45) is 0 Å². The smallest absolute Gasteiger partial charge is 0.163 e. The van der Waals surface area contributed by atoms with E-state index in [0.29, 0.717) is 5.92 Å². The van der Waals surface area contributed by atoms with Gasteiger partial charge in [-0.25, -0.2) is 4.85 Å². The highest BCUT2D eigenvalue weighted by Gasteiger charge is 2.33. The molecule has 0 radical (unpaired) electrons. The Labute approximate surface area is 116 Å². The lowest BCUT2D eigenvalue weighted by Gasteiger charge is -2.45. The van der Waals surface area contributed by atoms with Crippen molar-refractivity contribution in [3.8, 4) is 0 Å². The van der Waals surface area contributed by atoms with E-state index in [1.165, 1.54) is 11.3 Å². The molecule has 0 amide bonds. The van der Waals surface area contributed by atoms with E-state index < -0.39 is 0 Å². The molecule has 0 bridgehead atoms. The first kappa shape index (κ1) is 13.7. The van der Waals surface area contributed by atoms with Crippen molar-refractivity contribution in [1.82, 2.24) is 0 Å². The van der Waals surface area contributed by atoms with E-state index in [4.69, 9.17) is 6.57 Å². The summed E-state index contributed by atoms with van der Waals surface area (Å²) in [6.07, 6.45) is 3.12. The van der Waals surface area contributed by atoms with Crippen LogP contribution in [0.2, 0.25) is 0 Å². The van der Waals surface area contributed by atoms with Crippen molar-refractivity contribution in [2.75, 3.05) is 11.9 Å². The standard InChI is InChI=1S/C17H22N2/c1-12-11-17(3,4)19(6)16-8-7-14(10-15(12)16)9-13(2)18-5/h7-10,12H,11H2,1-4,6H3/b13-9+. The fourth-order valence-electron chi connectivity index (χ4n) is 2.96. The summed E-state index contributed by atoms with van der Waals surface area (Å²) in [5, 5.41) is 0. The second-order valence-corrected chi connectivity index (χ2v) is 6.19. The van der Waals surface area contributed by atoms with Gasteiger partial charge in [-0.2, -0.15) is 0 Å². The van der Waals surface area contributed by atoms with E-state index in [-0.39, 0.29) is 5.54 Å². The summed E-state index contributed by atoms with van der Waals surface area (Å²) >= 11 is 0. The van der Waals surface area contributed by atoms with E-state index in [9.17, 15) is 0 Å². The fraction of sp³-hybridized carbons (Fsp3) is 0.471. The number of benzene rings is 1. The zero-order chi connectivity index (χ0) is 14.2. The summed E-state index contributed by atoms with van der Waals surface area (Å²) < 4.78 is 0. The van der Waals surface area contributed by atoms with Gasteiger partial charge in [0.25, 0.3) is 0 Å². The van der Waals surface area contributed by atoms with Crippen molar-refractivity contribution < 1.29 is 0 Å². The lowest BCUT2D eigenvalue weighted by molar-refractivity contribution is 0.395. The molecule has 2 nitrogen and oxygen atoms in total. The number of anilines is 1. The molecule has 1 heterocycles. The van der Waals surface area contributed by atoms with Gasteiger partial charge in [-0.15, -0.1) is 0 Å². The Kier molecular flexibility index (Phi) is 3.41. The van der Waals surface area contributed by atoms with Crippen molar-refractivity contribution in [1.29, 1.82) is 0 Å². The van der Waals surface area contributed by atoms with Gasteiger partial charge in [0.1, 0.15) is 0 Å². The zero-order valence-corrected chi connectivity index (χ0v) is 12.5. The monoisotopic (exact) mass is 254 g/mol. The molecule has 19 heavy (non-hydrogen) atoms. The van der Waals surface area contributed by atoms with Gasteiger partial charge in [-0.3, -0.25) is 0 Å². The molecule has 1 unspecified atom stereocenters. The summed E-state index contributed by atoms with van der Waals surface area (Å²) in [6, 6.07) is 6.54. The van der Waals surface area contributed by atoms with Crippen LogP contribution in [0.4, 0.5) is 5.69 Å². The van der Waals surface area contributed by atoms with Crippen LogP contribution >= 0.6 is 0 Å². The van der Waals surface area contributed by atoms with Gasteiger partial charge in [0.2, 0.25) is 0 Å². The predicted molar refractivity (Wildman–Crippen MR) is 82.2 cm³/mol. The number of nitrogens with zero attached hydrogens (tertiary/aromatic N) is 2. The minimum Gasteiger partial charge on any atom is -0.369 e. The van der Waals surface area contributed by atoms with Gasteiger partial charge in [-0.1, -0.05) is 25.1 Å². The van der Waals surface area contributed by atoms with Gasteiger partial charge in [0.15, 0.2) is 5.70 Å². The highest BCUT2D eigenvalue weighted by atomic mass is 15.2. The highest BCUT2D eigenvalue weighted by molar-refractivity contribution is 5.65. The molecule has 0 spiro atoms. The second kappa shape index (κ2) is 4.74. The van der Waals surface area contributed by atoms with Crippen molar-refractivity contribution >= 4 is 11.8 Å². The highest BCUT2D eigenvalue weighted by Crippen LogP contribution is 2.42. The van der Waals surface area contributed by atoms with Gasteiger partial charge >= 0.3 is 0 Å². The second-order valence-electron chi connectivity index (χ2n) is 6.19. The maximum atomic E-state index is 7.02. The molecular formula is C17H22N2. The molecule has 100 valence electrons. The Morgan fingerprint density at radius 2 is 2.16 bits per heavy atom. The first-order valence-electron chi connectivity index (χ1n) is 6.78. The SMILES string of the molecule is [C-]#[N+]/C(C)=C/c1ccc2c(c1)C(C)CC(C)(C)N2C. The summed E-state index contributed by atoms with van der Waals surface area (Å²) in [7, 11) is 2.17. The van der Waals surface area contributed by atoms with Crippen LogP contribution in [0.1, 0.15) is 51.2 Å². The molecule has 2 rings (SSSR count). The first-order chi connectivity index (χ1) is 8.85. The van der Waals surface area contributed by atoms with Crippen molar-refractivity contribution in [3.63, 3.8) is 0 Å². The topological polar surface area (TPSA) is 7.60 Å². The molecule has 0 aromatic heterocycles. The number of fused-ring (bicyclic) bond motifs is 1. The van der Waals surface area contributed by atoms with Crippen LogP contribution in [0.3, 0.4) is 0 Å².